The summed E-state index contributed by atoms with van der Waals surface area (Å²) < 4.78 is 22.5. The molecule has 0 aliphatic carbocycles. The van der Waals surface area contributed by atoms with Gasteiger partial charge in [0.15, 0.2) is 0 Å². The second kappa shape index (κ2) is 14.2. The fourth-order valence-electron chi connectivity index (χ4n) is 2.47. The first-order valence-electron chi connectivity index (χ1n) is 8.88. The van der Waals surface area contributed by atoms with Crippen molar-refractivity contribution >= 4 is 19.5 Å². The van der Waals surface area contributed by atoms with Crippen molar-refractivity contribution in [3.8, 4) is 0 Å². The maximum atomic E-state index is 12.2. The van der Waals surface area contributed by atoms with Crippen LogP contribution in [0.1, 0.15) is 46.5 Å². The number of piperidine rings is 1. The van der Waals surface area contributed by atoms with Gasteiger partial charge in [0.1, 0.15) is 0 Å². The molecule has 0 bridgehead atoms. The van der Waals surface area contributed by atoms with Crippen molar-refractivity contribution in [3.63, 3.8) is 0 Å². The zero-order chi connectivity index (χ0) is 19.1. The Morgan fingerprint density at radius 3 is 2.20 bits per heavy atom. The van der Waals surface area contributed by atoms with Gasteiger partial charge in [0, 0.05) is 19.9 Å². The number of nitrogens with one attached hydrogen (secondary N) is 2. The standard InChI is InChI=1S/C14H29N2O4P.C2H4O2/c1-3-19-21(18,20-4-2)12-8-14(17)16-11-7-13-5-9-15-10-6-13;1-2(3)4/h13,15H,3-12H2,1-2H3,(H,16,17);1H3,(H,3,4). The highest BCUT2D eigenvalue weighted by Gasteiger charge is 2.24. The molecule has 0 aromatic rings. The van der Waals surface area contributed by atoms with Crippen molar-refractivity contribution in [3.05, 3.63) is 0 Å². The third-order valence-electron chi connectivity index (χ3n) is 3.60. The largest absolute Gasteiger partial charge is 0.481 e. The molecule has 0 aromatic carbocycles. The quantitative estimate of drug-likeness (QED) is 0.498. The molecule has 1 saturated heterocycles. The highest BCUT2D eigenvalue weighted by atomic mass is 31.2. The minimum absolute atomic E-state index is 0.0800. The third kappa shape index (κ3) is 14.0. The Morgan fingerprint density at radius 2 is 1.72 bits per heavy atom. The highest BCUT2D eigenvalue weighted by Crippen LogP contribution is 2.48. The van der Waals surface area contributed by atoms with Gasteiger partial charge in [-0.1, -0.05) is 0 Å². The lowest BCUT2D eigenvalue weighted by atomic mass is 9.95. The zero-order valence-electron chi connectivity index (χ0n) is 15.6. The van der Waals surface area contributed by atoms with E-state index in [1.54, 1.807) is 13.8 Å². The molecule has 1 aliphatic heterocycles. The van der Waals surface area contributed by atoms with Gasteiger partial charge in [0.05, 0.1) is 19.4 Å². The van der Waals surface area contributed by atoms with Crippen LogP contribution in [0.15, 0.2) is 0 Å². The van der Waals surface area contributed by atoms with Gasteiger partial charge in [-0.2, -0.15) is 0 Å². The Bertz CT molecular complexity index is 413. The van der Waals surface area contributed by atoms with Gasteiger partial charge in [-0.15, -0.1) is 0 Å². The molecule has 1 rings (SSSR count). The summed E-state index contributed by atoms with van der Waals surface area (Å²) in [6.45, 7) is 8.12. The van der Waals surface area contributed by atoms with E-state index in [1.807, 2.05) is 0 Å². The van der Waals surface area contributed by atoms with Gasteiger partial charge in [-0.3, -0.25) is 14.2 Å². The van der Waals surface area contributed by atoms with Crippen molar-refractivity contribution < 1.29 is 28.3 Å². The molecular formula is C16H33N2O6P. The van der Waals surface area contributed by atoms with E-state index in [9.17, 15) is 9.36 Å². The molecule has 3 N–H and O–H groups in total. The summed E-state index contributed by atoms with van der Waals surface area (Å²) in [5.74, 6) is -0.215. The molecule has 1 heterocycles. The van der Waals surface area contributed by atoms with Crippen LogP contribution >= 0.6 is 7.60 Å². The topological polar surface area (TPSA) is 114 Å². The Hall–Kier alpha value is -0.950. The summed E-state index contributed by atoms with van der Waals surface area (Å²) in [6, 6.07) is 0. The lowest BCUT2D eigenvalue weighted by Gasteiger charge is -2.22. The van der Waals surface area contributed by atoms with Gasteiger partial charge >= 0.3 is 7.60 Å². The fraction of sp³-hybridized carbons (Fsp3) is 0.875. The summed E-state index contributed by atoms with van der Waals surface area (Å²) in [6.07, 6.45) is 3.71. The van der Waals surface area contributed by atoms with Crippen molar-refractivity contribution in [1.29, 1.82) is 0 Å². The predicted molar refractivity (Wildman–Crippen MR) is 96.9 cm³/mol. The van der Waals surface area contributed by atoms with Crippen LogP contribution in [0.3, 0.4) is 0 Å². The molecule has 1 aliphatic rings. The summed E-state index contributed by atoms with van der Waals surface area (Å²) in [4.78, 5) is 20.8. The maximum absolute atomic E-state index is 12.2. The van der Waals surface area contributed by atoms with Gasteiger partial charge < -0.3 is 24.8 Å². The second-order valence-corrected chi connectivity index (χ2v) is 7.96. The molecule has 1 fully saturated rings. The summed E-state index contributed by atoms with van der Waals surface area (Å²) in [7, 11) is -3.10. The number of amides is 1. The van der Waals surface area contributed by atoms with E-state index in [1.165, 1.54) is 12.8 Å². The van der Waals surface area contributed by atoms with Crippen LogP contribution in [0.4, 0.5) is 0 Å². The van der Waals surface area contributed by atoms with E-state index in [4.69, 9.17) is 18.9 Å². The van der Waals surface area contributed by atoms with Gasteiger partial charge in [0.25, 0.3) is 5.97 Å². The van der Waals surface area contributed by atoms with Crippen LogP contribution in [-0.4, -0.2) is 56.0 Å². The van der Waals surface area contributed by atoms with E-state index in [-0.39, 0.29) is 18.5 Å². The van der Waals surface area contributed by atoms with Crippen LogP contribution in [0.2, 0.25) is 0 Å². The molecular weight excluding hydrogens is 347 g/mol. The minimum Gasteiger partial charge on any atom is -0.481 e. The number of carboxylic acid groups (broad SMARTS) is 1. The number of aliphatic carboxylic acids is 1. The van der Waals surface area contributed by atoms with Crippen LogP contribution in [0.25, 0.3) is 0 Å². The Morgan fingerprint density at radius 1 is 1.20 bits per heavy atom. The molecule has 1 amide bonds. The van der Waals surface area contributed by atoms with Crippen LogP contribution < -0.4 is 10.6 Å². The molecule has 0 unspecified atom stereocenters. The van der Waals surface area contributed by atoms with Gasteiger partial charge in [-0.25, -0.2) is 0 Å². The van der Waals surface area contributed by atoms with Crippen molar-refractivity contribution in [2.75, 3.05) is 39.0 Å². The fourth-order valence-corrected chi connectivity index (χ4v) is 4.07. The van der Waals surface area contributed by atoms with Crippen LogP contribution in [-0.2, 0) is 23.2 Å². The maximum Gasteiger partial charge on any atom is 0.331 e. The Kier molecular flexibility index (Phi) is 13.7. The normalized spacial score (nSPS) is 15.2. The van der Waals surface area contributed by atoms with E-state index in [2.05, 4.69) is 10.6 Å². The lowest BCUT2D eigenvalue weighted by molar-refractivity contribution is -0.134. The molecule has 0 saturated carbocycles. The first-order chi connectivity index (χ1) is 11.8. The molecule has 25 heavy (non-hydrogen) atoms. The Balaban J connectivity index is 0.00000129. The minimum atomic E-state index is -3.10. The highest BCUT2D eigenvalue weighted by molar-refractivity contribution is 7.53. The van der Waals surface area contributed by atoms with Crippen LogP contribution in [0.5, 0.6) is 0 Å². The van der Waals surface area contributed by atoms with Crippen molar-refractivity contribution in [1.82, 2.24) is 10.6 Å². The molecule has 9 heteroatoms. The van der Waals surface area contributed by atoms with Crippen molar-refractivity contribution in [2.45, 2.75) is 46.5 Å². The zero-order valence-corrected chi connectivity index (χ0v) is 16.5. The SMILES string of the molecule is CC(=O)O.CCOP(=O)(CCC(=O)NCCC1CCNCC1)OCC. The summed E-state index contributed by atoms with van der Waals surface area (Å²) in [5.41, 5.74) is 0. The first-order valence-corrected chi connectivity index (χ1v) is 10.6. The number of carboxylic acids is 1. The van der Waals surface area contributed by atoms with E-state index >= 15 is 0 Å². The number of hydrogen-bond donors (Lipinski definition) is 3. The average Bonchev–Trinajstić information content (AvgIpc) is 2.54. The number of carbonyl (C=O) groups excluding carboxylic acids is 1. The molecule has 148 valence electrons. The van der Waals surface area contributed by atoms with E-state index < -0.39 is 13.6 Å². The number of hydrogen-bond acceptors (Lipinski definition) is 6. The van der Waals surface area contributed by atoms with Crippen LogP contribution in [0, 0.1) is 5.92 Å². The smallest absolute Gasteiger partial charge is 0.331 e. The number of carbonyl (C=O) groups is 2. The van der Waals surface area contributed by atoms with Gasteiger partial charge in [0.2, 0.25) is 5.91 Å². The Labute approximate surface area is 150 Å². The molecule has 0 radical (unpaired) electrons. The second-order valence-electron chi connectivity index (χ2n) is 5.77. The lowest BCUT2D eigenvalue weighted by Crippen LogP contribution is -2.31. The summed E-state index contributed by atoms with van der Waals surface area (Å²) >= 11 is 0. The first kappa shape index (κ1) is 24.1. The average molecular weight is 380 g/mol. The summed E-state index contributed by atoms with van der Waals surface area (Å²) in [5, 5.41) is 13.6. The molecule has 0 aromatic heterocycles. The van der Waals surface area contributed by atoms with Gasteiger partial charge in [-0.05, 0) is 52.1 Å². The predicted octanol–water partition coefficient (Wildman–Crippen LogP) is 2.24. The van der Waals surface area contributed by atoms with E-state index in [0.29, 0.717) is 25.7 Å². The molecule has 0 atom stereocenters. The van der Waals surface area contributed by atoms with Crippen molar-refractivity contribution in [2.24, 2.45) is 5.92 Å². The third-order valence-corrected chi connectivity index (χ3v) is 5.67. The monoisotopic (exact) mass is 380 g/mol. The number of rotatable bonds is 10. The molecule has 8 nitrogen and oxygen atoms in total. The molecule has 0 spiro atoms. The van der Waals surface area contributed by atoms with E-state index in [0.717, 1.165) is 26.4 Å².